The Balaban J connectivity index is 2.18. The maximum absolute atomic E-state index is 12.0. The van der Waals surface area contributed by atoms with Crippen LogP contribution in [0.25, 0.3) is 0 Å². The van der Waals surface area contributed by atoms with Crippen LogP contribution in [0.2, 0.25) is 0 Å². The van der Waals surface area contributed by atoms with Crippen LogP contribution in [-0.4, -0.2) is 10.9 Å². The van der Waals surface area contributed by atoms with Crippen molar-refractivity contribution in [1.82, 2.24) is 4.98 Å². The van der Waals surface area contributed by atoms with E-state index in [9.17, 15) is 4.79 Å². The van der Waals surface area contributed by atoms with E-state index in [0.717, 1.165) is 13.6 Å². The van der Waals surface area contributed by atoms with Crippen LogP contribution >= 0.6 is 38.5 Å². The van der Waals surface area contributed by atoms with Gasteiger partial charge in [0.15, 0.2) is 0 Å². The van der Waals surface area contributed by atoms with Gasteiger partial charge in [-0.25, -0.2) is 4.98 Å². The van der Waals surface area contributed by atoms with Crippen LogP contribution in [-0.2, 0) is 0 Å². The minimum atomic E-state index is -0.149. The molecule has 0 atom stereocenters. The molecule has 1 aromatic carbocycles. The smallest absolute Gasteiger partial charge is 0.256 e. The summed E-state index contributed by atoms with van der Waals surface area (Å²) in [5.74, 6) is 0.436. The van der Waals surface area contributed by atoms with E-state index in [-0.39, 0.29) is 5.91 Å². The quantitative estimate of drug-likeness (QED) is 0.751. The van der Waals surface area contributed by atoms with E-state index in [2.05, 4.69) is 48.8 Å². The van der Waals surface area contributed by atoms with Crippen molar-refractivity contribution in [3.63, 3.8) is 0 Å². The molecule has 3 nitrogen and oxygen atoms in total. The summed E-state index contributed by atoms with van der Waals surface area (Å²) in [6.45, 7) is 1.90. The van der Waals surface area contributed by atoms with E-state index in [1.165, 1.54) is 0 Å². The number of rotatable bonds is 2. The molecule has 0 unspecified atom stereocenters. The fourth-order valence-corrected chi connectivity index (χ4v) is 2.26. The van der Waals surface area contributed by atoms with Crippen LogP contribution in [0.15, 0.2) is 41.0 Å². The fourth-order valence-electron chi connectivity index (χ4n) is 1.45. The van der Waals surface area contributed by atoms with E-state index in [4.69, 9.17) is 0 Å². The third-order valence-electron chi connectivity index (χ3n) is 2.38. The maximum Gasteiger partial charge on any atom is 0.256 e. The minimum Gasteiger partial charge on any atom is -0.306 e. The zero-order valence-electron chi connectivity index (χ0n) is 9.58. The van der Waals surface area contributed by atoms with Gasteiger partial charge in [0.05, 0.1) is 0 Å². The topological polar surface area (TPSA) is 42.0 Å². The van der Waals surface area contributed by atoms with Crippen molar-refractivity contribution in [2.24, 2.45) is 0 Å². The van der Waals surface area contributed by atoms with Gasteiger partial charge in [0.2, 0.25) is 0 Å². The monoisotopic (exact) mass is 416 g/mol. The number of nitrogens with zero attached hydrogens (tertiary/aromatic N) is 1. The van der Waals surface area contributed by atoms with E-state index in [1.54, 1.807) is 18.3 Å². The van der Waals surface area contributed by atoms with Gasteiger partial charge < -0.3 is 5.32 Å². The van der Waals surface area contributed by atoms with Crippen LogP contribution in [0.1, 0.15) is 15.9 Å². The van der Waals surface area contributed by atoms with Crippen LogP contribution < -0.4 is 5.32 Å². The Labute approximate surface area is 127 Å². The number of carbonyl (C=O) groups is 1. The largest absolute Gasteiger partial charge is 0.306 e. The second-order valence-electron chi connectivity index (χ2n) is 3.78. The molecular weight excluding hydrogens is 407 g/mol. The predicted octanol–water partition coefficient (Wildman–Crippen LogP) is 4.01. The molecule has 18 heavy (non-hydrogen) atoms. The van der Waals surface area contributed by atoms with Crippen molar-refractivity contribution in [3.8, 4) is 0 Å². The van der Waals surface area contributed by atoms with E-state index >= 15 is 0 Å². The Morgan fingerprint density at radius 3 is 2.61 bits per heavy atom. The van der Waals surface area contributed by atoms with E-state index in [0.29, 0.717) is 11.4 Å². The second kappa shape index (κ2) is 5.79. The highest BCUT2D eigenvalue weighted by molar-refractivity contribution is 14.1. The Hall–Kier alpha value is -0.950. The number of aromatic nitrogens is 1. The van der Waals surface area contributed by atoms with Gasteiger partial charge in [-0.3, -0.25) is 4.79 Å². The number of nitrogens with one attached hydrogen (secondary N) is 1. The van der Waals surface area contributed by atoms with Gasteiger partial charge in [-0.15, -0.1) is 0 Å². The van der Waals surface area contributed by atoms with Crippen molar-refractivity contribution in [2.75, 3.05) is 5.32 Å². The number of amides is 1. The molecule has 0 aliphatic rings. The van der Waals surface area contributed by atoms with Crippen molar-refractivity contribution < 1.29 is 4.79 Å². The molecule has 0 fully saturated rings. The highest BCUT2D eigenvalue weighted by Gasteiger charge is 2.08. The maximum atomic E-state index is 12.0. The summed E-state index contributed by atoms with van der Waals surface area (Å²) in [5.41, 5.74) is 1.54. The zero-order chi connectivity index (χ0) is 13.1. The molecule has 0 aliphatic carbocycles. The summed E-state index contributed by atoms with van der Waals surface area (Å²) in [6.07, 6.45) is 1.66. The lowest BCUT2D eigenvalue weighted by molar-refractivity contribution is 0.102. The highest BCUT2D eigenvalue weighted by atomic mass is 127. The molecule has 2 aromatic rings. The number of aryl methyl sites for hydroxylation is 1. The van der Waals surface area contributed by atoms with Crippen molar-refractivity contribution in [2.45, 2.75) is 6.92 Å². The fraction of sp³-hybridized carbons (Fsp3) is 0.0769. The van der Waals surface area contributed by atoms with Gasteiger partial charge in [0, 0.05) is 19.8 Å². The van der Waals surface area contributed by atoms with Crippen LogP contribution in [0, 0.1) is 10.5 Å². The summed E-state index contributed by atoms with van der Waals surface area (Å²) in [4.78, 5) is 16.2. The van der Waals surface area contributed by atoms with E-state index in [1.807, 2.05) is 25.1 Å². The standard InChI is InChI=1S/C13H10BrIN2O/c1-8-6-10(14)7-16-12(8)17-13(18)9-2-4-11(15)5-3-9/h2-7H,1H3,(H,16,17,18). The molecule has 1 amide bonds. The molecule has 1 heterocycles. The summed E-state index contributed by atoms with van der Waals surface area (Å²) in [7, 11) is 0. The average molecular weight is 417 g/mol. The molecule has 1 N–H and O–H groups in total. The molecule has 0 radical (unpaired) electrons. The Bertz CT molecular complexity index is 584. The summed E-state index contributed by atoms with van der Waals surface area (Å²) in [6, 6.07) is 9.31. The molecule has 0 spiro atoms. The van der Waals surface area contributed by atoms with Crippen molar-refractivity contribution in [3.05, 3.63) is 55.7 Å². The minimum absolute atomic E-state index is 0.149. The molecule has 0 saturated carbocycles. The number of hydrogen-bond donors (Lipinski definition) is 1. The first-order valence-electron chi connectivity index (χ1n) is 5.25. The zero-order valence-corrected chi connectivity index (χ0v) is 13.3. The number of carbonyl (C=O) groups excluding carboxylic acids is 1. The number of anilines is 1. The highest BCUT2D eigenvalue weighted by Crippen LogP contribution is 2.17. The normalized spacial score (nSPS) is 10.2. The number of hydrogen-bond acceptors (Lipinski definition) is 2. The van der Waals surface area contributed by atoms with Gasteiger partial charge >= 0.3 is 0 Å². The third kappa shape index (κ3) is 3.29. The van der Waals surface area contributed by atoms with Crippen LogP contribution in [0.4, 0.5) is 5.82 Å². The Morgan fingerprint density at radius 1 is 1.33 bits per heavy atom. The summed E-state index contributed by atoms with van der Waals surface area (Å²) < 4.78 is 1.99. The first kappa shape index (κ1) is 13.5. The van der Waals surface area contributed by atoms with Gasteiger partial charge in [-0.1, -0.05) is 0 Å². The Kier molecular flexibility index (Phi) is 4.34. The molecular formula is C13H10BrIN2O. The lowest BCUT2D eigenvalue weighted by atomic mass is 10.2. The first-order valence-corrected chi connectivity index (χ1v) is 7.12. The molecule has 2 rings (SSSR count). The number of benzene rings is 1. The van der Waals surface area contributed by atoms with Crippen LogP contribution in [0.5, 0.6) is 0 Å². The summed E-state index contributed by atoms with van der Waals surface area (Å²) >= 11 is 5.54. The SMILES string of the molecule is Cc1cc(Br)cnc1NC(=O)c1ccc(I)cc1. The van der Waals surface area contributed by atoms with Crippen molar-refractivity contribution in [1.29, 1.82) is 0 Å². The lowest BCUT2D eigenvalue weighted by Crippen LogP contribution is -2.13. The van der Waals surface area contributed by atoms with Gasteiger partial charge in [-0.05, 0) is 81.3 Å². The van der Waals surface area contributed by atoms with E-state index < -0.39 is 0 Å². The van der Waals surface area contributed by atoms with Gasteiger partial charge in [-0.2, -0.15) is 0 Å². The number of halogens is 2. The molecule has 0 aliphatic heterocycles. The van der Waals surface area contributed by atoms with Gasteiger partial charge in [0.1, 0.15) is 5.82 Å². The van der Waals surface area contributed by atoms with Crippen LogP contribution in [0.3, 0.4) is 0 Å². The lowest BCUT2D eigenvalue weighted by Gasteiger charge is -2.07. The summed E-state index contributed by atoms with van der Waals surface area (Å²) in [5, 5.41) is 2.80. The predicted molar refractivity (Wildman–Crippen MR) is 83.8 cm³/mol. The molecule has 5 heteroatoms. The molecule has 0 saturated heterocycles. The average Bonchev–Trinajstić information content (AvgIpc) is 2.33. The Morgan fingerprint density at radius 2 is 2.00 bits per heavy atom. The second-order valence-corrected chi connectivity index (χ2v) is 5.94. The van der Waals surface area contributed by atoms with Crippen molar-refractivity contribution >= 4 is 50.2 Å². The molecule has 1 aromatic heterocycles. The molecule has 0 bridgehead atoms. The third-order valence-corrected chi connectivity index (χ3v) is 3.54. The van der Waals surface area contributed by atoms with Gasteiger partial charge in [0.25, 0.3) is 5.91 Å². The molecule has 92 valence electrons. The first-order chi connectivity index (χ1) is 8.56. The number of pyridine rings is 1.